The summed E-state index contributed by atoms with van der Waals surface area (Å²) in [5.41, 5.74) is 0.252. The van der Waals surface area contributed by atoms with Crippen molar-refractivity contribution in [2.45, 2.75) is 54.7 Å². The smallest absolute Gasteiger partial charge is 0.431 e. The molecule has 0 aromatic heterocycles. The summed E-state index contributed by atoms with van der Waals surface area (Å²) in [5, 5.41) is 2.27. The molecular formula is C18H24Cl2FNO6S. The van der Waals surface area contributed by atoms with E-state index in [1.165, 1.54) is 24.3 Å². The predicted octanol–water partition coefficient (Wildman–Crippen LogP) is 3.73. The Hall–Kier alpha value is -1.58. The van der Waals surface area contributed by atoms with E-state index >= 15 is 0 Å². The van der Waals surface area contributed by atoms with Gasteiger partial charge in [0.25, 0.3) is 5.91 Å². The second-order valence-electron chi connectivity index (χ2n) is 6.26. The highest BCUT2D eigenvalue weighted by Gasteiger charge is 2.31. The molecule has 0 saturated carbocycles. The standard InChI is InChI=1S/C18H24Cl2FNO6S/c1-4-12(5-2)27-18(24)28-15(14(10-21)22-17(23)16(19)20)11-6-8-13(9-7-11)29(3,25)26/h6-9,12,14-16H,4-5,10H2,1-3H3,(H,22,23). The van der Waals surface area contributed by atoms with Crippen LogP contribution in [0.3, 0.4) is 0 Å². The fourth-order valence-electron chi connectivity index (χ4n) is 2.45. The first-order chi connectivity index (χ1) is 13.5. The lowest BCUT2D eigenvalue weighted by Gasteiger charge is -2.27. The number of rotatable bonds is 10. The molecule has 2 unspecified atom stereocenters. The zero-order valence-electron chi connectivity index (χ0n) is 16.2. The van der Waals surface area contributed by atoms with Crippen LogP contribution in [0.4, 0.5) is 9.18 Å². The van der Waals surface area contributed by atoms with Gasteiger partial charge in [0, 0.05) is 6.26 Å². The van der Waals surface area contributed by atoms with Crippen LogP contribution < -0.4 is 5.32 Å². The molecule has 1 aromatic carbocycles. The van der Waals surface area contributed by atoms with E-state index in [9.17, 15) is 22.4 Å². The Morgan fingerprint density at radius 1 is 1.10 bits per heavy atom. The monoisotopic (exact) mass is 471 g/mol. The number of ether oxygens (including phenoxy) is 2. The number of nitrogens with one attached hydrogen (secondary N) is 1. The van der Waals surface area contributed by atoms with Crippen molar-refractivity contribution < 1.29 is 31.9 Å². The summed E-state index contributed by atoms with van der Waals surface area (Å²) in [6.45, 7) is 2.55. The fourth-order valence-corrected chi connectivity index (χ4v) is 3.21. The van der Waals surface area contributed by atoms with Crippen molar-refractivity contribution in [3.63, 3.8) is 0 Å². The summed E-state index contributed by atoms with van der Waals surface area (Å²) in [6, 6.07) is 3.98. The molecule has 0 bridgehead atoms. The average molecular weight is 472 g/mol. The quantitative estimate of drug-likeness (QED) is 0.412. The fraction of sp³-hybridized carbons (Fsp3) is 0.556. The highest BCUT2D eigenvalue weighted by atomic mass is 35.5. The minimum atomic E-state index is -3.46. The van der Waals surface area contributed by atoms with Gasteiger partial charge in [-0.25, -0.2) is 17.6 Å². The largest absolute Gasteiger partial charge is 0.509 e. The minimum absolute atomic E-state index is 0.0296. The van der Waals surface area contributed by atoms with Gasteiger partial charge in [-0.2, -0.15) is 0 Å². The summed E-state index contributed by atoms with van der Waals surface area (Å²) in [7, 11) is -3.46. The number of carbonyl (C=O) groups is 2. The first kappa shape index (κ1) is 25.5. The molecule has 164 valence electrons. The third kappa shape index (κ3) is 7.98. The van der Waals surface area contributed by atoms with Crippen molar-refractivity contribution >= 4 is 45.1 Å². The van der Waals surface area contributed by atoms with E-state index in [2.05, 4.69) is 5.32 Å². The third-order valence-electron chi connectivity index (χ3n) is 4.09. The van der Waals surface area contributed by atoms with Gasteiger partial charge < -0.3 is 14.8 Å². The molecule has 0 aliphatic rings. The van der Waals surface area contributed by atoms with E-state index in [-0.39, 0.29) is 16.6 Å². The molecule has 1 rings (SSSR count). The lowest BCUT2D eigenvalue weighted by atomic mass is 10.0. The van der Waals surface area contributed by atoms with Crippen LogP contribution in [0.1, 0.15) is 38.4 Å². The number of hydrogen-bond donors (Lipinski definition) is 1. The molecule has 11 heteroatoms. The second kappa shape index (κ2) is 11.6. The summed E-state index contributed by atoms with van der Waals surface area (Å²) in [6.07, 6.45) is -0.576. The van der Waals surface area contributed by atoms with Gasteiger partial charge in [-0.15, -0.1) is 0 Å². The van der Waals surface area contributed by atoms with E-state index in [0.29, 0.717) is 12.8 Å². The van der Waals surface area contributed by atoms with Crippen molar-refractivity contribution in [1.29, 1.82) is 0 Å². The maximum atomic E-state index is 13.7. The summed E-state index contributed by atoms with van der Waals surface area (Å²) in [5.74, 6) is -0.870. The average Bonchev–Trinajstić information content (AvgIpc) is 2.67. The zero-order valence-corrected chi connectivity index (χ0v) is 18.6. The van der Waals surface area contributed by atoms with Gasteiger partial charge in [0.2, 0.25) is 0 Å². The van der Waals surface area contributed by atoms with Crippen molar-refractivity contribution in [1.82, 2.24) is 5.32 Å². The van der Waals surface area contributed by atoms with E-state index in [0.717, 1.165) is 6.26 Å². The third-order valence-corrected chi connectivity index (χ3v) is 5.62. The van der Waals surface area contributed by atoms with Crippen LogP contribution in [0.25, 0.3) is 0 Å². The molecule has 1 amide bonds. The molecular weight excluding hydrogens is 448 g/mol. The Labute approximate surface area is 179 Å². The van der Waals surface area contributed by atoms with Crippen LogP contribution in [-0.2, 0) is 24.1 Å². The topological polar surface area (TPSA) is 98.8 Å². The van der Waals surface area contributed by atoms with Crippen LogP contribution >= 0.6 is 23.2 Å². The Morgan fingerprint density at radius 2 is 1.66 bits per heavy atom. The van der Waals surface area contributed by atoms with Gasteiger partial charge in [-0.3, -0.25) is 4.79 Å². The molecule has 0 heterocycles. The summed E-state index contributed by atoms with van der Waals surface area (Å²) < 4.78 is 47.4. The Kier molecular flexibility index (Phi) is 10.2. The number of hydrogen-bond acceptors (Lipinski definition) is 6. The second-order valence-corrected chi connectivity index (χ2v) is 9.37. The van der Waals surface area contributed by atoms with Gasteiger partial charge in [0.15, 0.2) is 20.8 Å². The van der Waals surface area contributed by atoms with Crippen molar-refractivity contribution in [2.24, 2.45) is 0 Å². The number of benzene rings is 1. The summed E-state index contributed by atoms with van der Waals surface area (Å²) in [4.78, 5) is 22.6. The van der Waals surface area contributed by atoms with E-state index in [1.54, 1.807) is 0 Å². The van der Waals surface area contributed by atoms with Gasteiger partial charge in [-0.1, -0.05) is 49.2 Å². The lowest BCUT2D eigenvalue weighted by molar-refractivity contribution is -0.121. The number of alkyl halides is 3. The van der Waals surface area contributed by atoms with Gasteiger partial charge >= 0.3 is 6.16 Å². The normalized spacial score (nSPS) is 13.8. The first-order valence-corrected chi connectivity index (χ1v) is 11.6. The highest BCUT2D eigenvalue weighted by molar-refractivity contribution is 7.90. The SMILES string of the molecule is CCC(CC)OC(=O)OC(c1ccc(S(C)(=O)=O)cc1)C(CF)NC(=O)C(Cl)Cl. The molecule has 0 saturated heterocycles. The highest BCUT2D eigenvalue weighted by Crippen LogP contribution is 2.25. The molecule has 0 aliphatic heterocycles. The van der Waals surface area contributed by atoms with Crippen LogP contribution in [0.2, 0.25) is 0 Å². The number of carbonyl (C=O) groups excluding carboxylic acids is 2. The molecule has 1 N–H and O–H groups in total. The number of sulfone groups is 1. The lowest BCUT2D eigenvalue weighted by Crippen LogP contribution is -2.44. The van der Waals surface area contributed by atoms with Crippen molar-refractivity contribution in [2.75, 3.05) is 12.9 Å². The maximum absolute atomic E-state index is 13.7. The predicted molar refractivity (Wildman–Crippen MR) is 108 cm³/mol. The van der Waals surface area contributed by atoms with Crippen LogP contribution in [-0.4, -0.2) is 50.4 Å². The molecule has 29 heavy (non-hydrogen) atoms. The van der Waals surface area contributed by atoms with E-state index in [4.69, 9.17) is 32.7 Å². The molecule has 0 spiro atoms. The van der Waals surface area contributed by atoms with Gasteiger partial charge in [-0.05, 0) is 30.5 Å². The Balaban J connectivity index is 3.18. The zero-order chi connectivity index (χ0) is 22.2. The molecule has 1 aromatic rings. The van der Waals surface area contributed by atoms with Gasteiger partial charge in [0.1, 0.15) is 12.8 Å². The van der Waals surface area contributed by atoms with Crippen LogP contribution in [0.5, 0.6) is 0 Å². The maximum Gasteiger partial charge on any atom is 0.509 e. The summed E-state index contributed by atoms with van der Waals surface area (Å²) >= 11 is 11.0. The Bertz CT molecular complexity index is 784. The molecule has 0 fully saturated rings. The first-order valence-electron chi connectivity index (χ1n) is 8.85. The molecule has 7 nitrogen and oxygen atoms in total. The molecule has 2 atom stereocenters. The van der Waals surface area contributed by atoms with Crippen LogP contribution in [0.15, 0.2) is 29.2 Å². The van der Waals surface area contributed by atoms with Crippen LogP contribution in [0, 0.1) is 0 Å². The number of halogens is 3. The Morgan fingerprint density at radius 3 is 2.07 bits per heavy atom. The minimum Gasteiger partial charge on any atom is -0.431 e. The van der Waals surface area contributed by atoms with Crippen molar-refractivity contribution in [3.8, 4) is 0 Å². The number of amides is 1. The molecule has 0 radical (unpaired) electrons. The van der Waals surface area contributed by atoms with Crippen molar-refractivity contribution in [3.05, 3.63) is 29.8 Å². The molecule has 0 aliphatic carbocycles. The van der Waals surface area contributed by atoms with Gasteiger partial charge in [0.05, 0.1) is 10.9 Å². The van der Waals surface area contributed by atoms with E-state index in [1.807, 2.05) is 13.8 Å². The van der Waals surface area contributed by atoms with E-state index < -0.39 is 45.6 Å².